The second kappa shape index (κ2) is 13.8. The molecule has 2 atom stereocenters. The fraction of sp³-hybridized carbons (Fsp3) is 0.750. The van der Waals surface area contributed by atoms with Crippen molar-refractivity contribution in [2.75, 3.05) is 19.6 Å². The van der Waals surface area contributed by atoms with Crippen molar-refractivity contribution in [2.45, 2.75) is 128 Å². The van der Waals surface area contributed by atoms with Crippen LogP contribution in [0.4, 0.5) is 0 Å². The molecule has 2 saturated heterocycles. The molecule has 3 fully saturated rings. The number of likely N-dealkylation sites (tertiary alicyclic amines) is 1. The highest BCUT2D eigenvalue weighted by atomic mass is 16.5. The molecule has 2 heterocycles. The van der Waals surface area contributed by atoms with Gasteiger partial charge in [0.15, 0.2) is 0 Å². The standard InChI is InChI=1S/C32H51N3O3/c1-4-7-20-35-30(36)29(23-25(6-3)11-5-2)33-31(37)32(35)18-21-34(22-19-32)24-26-14-16-28(17-15-26)38-27-12-9-8-10-13-27/h14-17,25,27,29H,4-13,18-24H2,1-3H3,(H,33,37)/t25?,29-/m0/s1. The summed E-state index contributed by atoms with van der Waals surface area (Å²) in [6, 6.07) is 8.21. The number of nitrogens with one attached hydrogen (secondary N) is 1. The maximum Gasteiger partial charge on any atom is 0.246 e. The van der Waals surface area contributed by atoms with Crippen molar-refractivity contribution < 1.29 is 14.3 Å². The Morgan fingerprint density at radius 2 is 1.71 bits per heavy atom. The summed E-state index contributed by atoms with van der Waals surface area (Å²) in [7, 11) is 0. The Hall–Kier alpha value is -2.08. The zero-order chi connectivity index (χ0) is 27.0. The van der Waals surface area contributed by atoms with Gasteiger partial charge in [-0.05, 0) is 75.0 Å². The van der Waals surface area contributed by atoms with Crippen LogP contribution in [0.5, 0.6) is 5.75 Å². The minimum absolute atomic E-state index is 0.0772. The maximum absolute atomic E-state index is 13.7. The Balaban J connectivity index is 1.36. The van der Waals surface area contributed by atoms with Gasteiger partial charge in [-0.15, -0.1) is 0 Å². The first-order valence-corrected chi connectivity index (χ1v) is 15.6. The molecular weight excluding hydrogens is 474 g/mol. The Morgan fingerprint density at radius 3 is 2.34 bits per heavy atom. The van der Waals surface area contributed by atoms with Crippen LogP contribution in [0.2, 0.25) is 0 Å². The third-order valence-corrected chi connectivity index (χ3v) is 9.26. The summed E-state index contributed by atoms with van der Waals surface area (Å²) in [6.07, 6.45) is 14.0. The van der Waals surface area contributed by atoms with E-state index in [1.807, 2.05) is 4.90 Å². The van der Waals surface area contributed by atoms with Gasteiger partial charge in [-0.25, -0.2) is 0 Å². The fourth-order valence-electron chi connectivity index (χ4n) is 6.79. The minimum atomic E-state index is -0.691. The summed E-state index contributed by atoms with van der Waals surface area (Å²) in [6.45, 7) is 9.73. The Bertz CT molecular complexity index is 888. The monoisotopic (exact) mass is 525 g/mol. The smallest absolute Gasteiger partial charge is 0.246 e. The molecule has 0 bridgehead atoms. The number of amides is 2. The van der Waals surface area contributed by atoms with Gasteiger partial charge >= 0.3 is 0 Å². The molecule has 0 aromatic heterocycles. The lowest BCUT2D eigenvalue weighted by Gasteiger charge is -2.52. The predicted octanol–water partition coefficient (Wildman–Crippen LogP) is 6.08. The van der Waals surface area contributed by atoms with Crippen molar-refractivity contribution in [3.63, 3.8) is 0 Å². The van der Waals surface area contributed by atoms with Crippen molar-refractivity contribution in [2.24, 2.45) is 5.92 Å². The number of carbonyl (C=O) groups excluding carboxylic acids is 2. The SMILES string of the molecule is CCCCN1C(=O)[C@H](CC(CC)CCC)NC(=O)C12CCN(Cc1ccc(OC3CCCCC3)cc1)CC2. The van der Waals surface area contributed by atoms with Crippen molar-refractivity contribution in [1.29, 1.82) is 0 Å². The third-order valence-electron chi connectivity index (χ3n) is 9.26. The summed E-state index contributed by atoms with van der Waals surface area (Å²) in [5, 5.41) is 3.20. The number of ether oxygens (including phenoxy) is 1. The zero-order valence-corrected chi connectivity index (χ0v) is 24.2. The Labute approximate surface area is 230 Å². The molecule has 1 aromatic rings. The van der Waals surface area contributed by atoms with Crippen molar-refractivity contribution >= 4 is 11.8 Å². The van der Waals surface area contributed by atoms with Gasteiger partial charge in [0.1, 0.15) is 17.3 Å². The van der Waals surface area contributed by atoms with Gasteiger partial charge in [0.25, 0.3) is 0 Å². The number of carbonyl (C=O) groups is 2. The fourth-order valence-corrected chi connectivity index (χ4v) is 6.79. The molecule has 4 rings (SSSR count). The highest BCUT2D eigenvalue weighted by Gasteiger charge is 2.53. The molecule has 2 aliphatic heterocycles. The second-order valence-electron chi connectivity index (χ2n) is 12.0. The zero-order valence-electron chi connectivity index (χ0n) is 24.2. The molecule has 1 spiro atoms. The van der Waals surface area contributed by atoms with Crippen molar-refractivity contribution in [1.82, 2.24) is 15.1 Å². The van der Waals surface area contributed by atoms with E-state index in [1.165, 1.54) is 37.7 Å². The topological polar surface area (TPSA) is 61.9 Å². The first kappa shape index (κ1) is 28.9. The molecule has 38 heavy (non-hydrogen) atoms. The van der Waals surface area contributed by atoms with Crippen LogP contribution in [-0.4, -0.2) is 58.9 Å². The van der Waals surface area contributed by atoms with Crippen LogP contribution in [0.15, 0.2) is 24.3 Å². The summed E-state index contributed by atoms with van der Waals surface area (Å²) in [5.74, 6) is 1.68. The van der Waals surface area contributed by atoms with Crippen LogP contribution in [-0.2, 0) is 16.1 Å². The first-order valence-electron chi connectivity index (χ1n) is 15.6. The lowest BCUT2D eigenvalue weighted by Crippen LogP contribution is -2.73. The van der Waals surface area contributed by atoms with Gasteiger partial charge in [-0.2, -0.15) is 0 Å². The summed E-state index contributed by atoms with van der Waals surface area (Å²) in [4.78, 5) is 31.8. The van der Waals surface area contributed by atoms with Crippen LogP contribution in [0, 0.1) is 5.92 Å². The molecule has 1 saturated carbocycles. The van der Waals surface area contributed by atoms with Crippen LogP contribution in [0.1, 0.15) is 110 Å². The van der Waals surface area contributed by atoms with E-state index in [2.05, 4.69) is 55.3 Å². The average molecular weight is 526 g/mol. The van der Waals surface area contributed by atoms with Crippen LogP contribution >= 0.6 is 0 Å². The van der Waals surface area contributed by atoms with Crippen LogP contribution in [0.3, 0.4) is 0 Å². The quantitative estimate of drug-likeness (QED) is 0.359. The highest BCUT2D eigenvalue weighted by molar-refractivity contribution is 6.00. The molecular formula is C32H51N3O3. The highest BCUT2D eigenvalue weighted by Crippen LogP contribution is 2.35. The van der Waals surface area contributed by atoms with E-state index >= 15 is 0 Å². The number of rotatable bonds is 12. The summed E-state index contributed by atoms with van der Waals surface area (Å²) in [5.41, 5.74) is 0.578. The number of piperazine rings is 1. The second-order valence-corrected chi connectivity index (χ2v) is 12.0. The van der Waals surface area contributed by atoms with E-state index in [-0.39, 0.29) is 17.9 Å². The predicted molar refractivity (Wildman–Crippen MR) is 153 cm³/mol. The Morgan fingerprint density at radius 1 is 1.00 bits per heavy atom. The van der Waals surface area contributed by atoms with Gasteiger partial charge in [0.2, 0.25) is 11.8 Å². The molecule has 3 aliphatic rings. The number of hydrogen-bond acceptors (Lipinski definition) is 4. The van der Waals surface area contributed by atoms with Gasteiger partial charge < -0.3 is 15.0 Å². The third kappa shape index (κ3) is 6.91. The van der Waals surface area contributed by atoms with Crippen molar-refractivity contribution in [3.8, 4) is 5.75 Å². The van der Waals surface area contributed by atoms with Gasteiger partial charge in [-0.1, -0.05) is 65.0 Å². The molecule has 1 unspecified atom stereocenters. The van der Waals surface area contributed by atoms with Gasteiger partial charge in [-0.3, -0.25) is 14.5 Å². The van der Waals surface area contributed by atoms with E-state index in [0.717, 1.165) is 63.9 Å². The van der Waals surface area contributed by atoms with E-state index in [9.17, 15) is 9.59 Å². The number of piperidine rings is 1. The molecule has 6 nitrogen and oxygen atoms in total. The maximum atomic E-state index is 13.7. The molecule has 0 radical (unpaired) electrons. The number of benzene rings is 1. The first-order chi connectivity index (χ1) is 18.5. The molecule has 6 heteroatoms. The van der Waals surface area contributed by atoms with E-state index in [1.54, 1.807) is 0 Å². The molecule has 1 N–H and O–H groups in total. The lowest BCUT2D eigenvalue weighted by atomic mass is 9.80. The molecule has 212 valence electrons. The minimum Gasteiger partial charge on any atom is -0.490 e. The molecule has 1 aliphatic carbocycles. The summed E-state index contributed by atoms with van der Waals surface area (Å²) < 4.78 is 6.20. The summed E-state index contributed by atoms with van der Waals surface area (Å²) >= 11 is 0. The Kier molecular flexibility index (Phi) is 10.5. The molecule has 2 amide bonds. The van der Waals surface area contributed by atoms with Crippen molar-refractivity contribution in [3.05, 3.63) is 29.8 Å². The van der Waals surface area contributed by atoms with Gasteiger partial charge in [0.05, 0.1) is 6.10 Å². The largest absolute Gasteiger partial charge is 0.490 e. The van der Waals surface area contributed by atoms with Gasteiger partial charge in [0, 0.05) is 26.2 Å². The average Bonchev–Trinajstić information content (AvgIpc) is 2.94. The number of hydrogen-bond donors (Lipinski definition) is 1. The molecule has 1 aromatic carbocycles. The lowest BCUT2D eigenvalue weighted by molar-refractivity contribution is -0.162. The number of unbranched alkanes of at least 4 members (excludes halogenated alkanes) is 1. The van der Waals surface area contributed by atoms with E-state index < -0.39 is 5.54 Å². The normalized spacial score (nSPS) is 23.4. The number of nitrogens with zero attached hydrogens (tertiary/aromatic N) is 2. The van der Waals surface area contributed by atoms with Crippen LogP contribution < -0.4 is 10.1 Å². The van der Waals surface area contributed by atoms with E-state index in [4.69, 9.17) is 4.74 Å². The van der Waals surface area contributed by atoms with Crippen LogP contribution in [0.25, 0.3) is 0 Å². The van der Waals surface area contributed by atoms with E-state index in [0.29, 0.717) is 31.4 Å².